The second kappa shape index (κ2) is 9.59. The van der Waals surface area contributed by atoms with Gasteiger partial charge in [-0.3, -0.25) is 4.79 Å². The molecule has 2 aromatic rings. The van der Waals surface area contributed by atoms with E-state index in [-0.39, 0.29) is 11.9 Å². The van der Waals surface area contributed by atoms with Gasteiger partial charge in [-0.25, -0.2) is 0 Å². The molecule has 0 heterocycles. The van der Waals surface area contributed by atoms with Crippen molar-refractivity contribution in [2.75, 3.05) is 6.61 Å². The molecule has 1 aliphatic carbocycles. The molecule has 0 amide bonds. The van der Waals surface area contributed by atoms with Crippen LogP contribution in [0.3, 0.4) is 0 Å². The van der Waals surface area contributed by atoms with E-state index in [4.69, 9.17) is 9.47 Å². The molecule has 3 nitrogen and oxygen atoms in total. The molecule has 0 saturated carbocycles. The predicted octanol–water partition coefficient (Wildman–Crippen LogP) is 5.53. The van der Waals surface area contributed by atoms with Gasteiger partial charge in [0.25, 0.3) is 0 Å². The normalized spacial score (nSPS) is 15.9. The van der Waals surface area contributed by atoms with Gasteiger partial charge in [0.15, 0.2) is 0 Å². The number of hydrogen-bond donors (Lipinski definition) is 0. The molecule has 2 aromatic carbocycles. The summed E-state index contributed by atoms with van der Waals surface area (Å²) in [6, 6.07) is 14.1. The second-order valence-corrected chi connectivity index (χ2v) is 7.33. The lowest BCUT2D eigenvalue weighted by atomic mass is 9.83. The highest BCUT2D eigenvalue weighted by atomic mass is 16.5. The minimum absolute atomic E-state index is 0.0602. The average molecular weight is 367 g/mol. The lowest BCUT2D eigenvalue weighted by molar-refractivity contribution is -0.139. The van der Waals surface area contributed by atoms with Crippen molar-refractivity contribution in [1.82, 2.24) is 0 Å². The van der Waals surface area contributed by atoms with Gasteiger partial charge in [-0.05, 0) is 80.0 Å². The van der Waals surface area contributed by atoms with Crippen molar-refractivity contribution < 1.29 is 14.3 Å². The largest absolute Gasteiger partial charge is 0.494 e. The summed E-state index contributed by atoms with van der Waals surface area (Å²) < 4.78 is 11.0. The van der Waals surface area contributed by atoms with Crippen LogP contribution >= 0.6 is 0 Å². The fourth-order valence-electron chi connectivity index (χ4n) is 3.71. The molecular weight excluding hydrogens is 336 g/mol. The second-order valence-electron chi connectivity index (χ2n) is 7.33. The first kappa shape index (κ1) is 19.5. The molecule has 3 heteroatoms. The van der Waals surface area contributed by atoms with Crippen LogP contribution < -0.4 is 9.47 Å². The standard InChI is InChI=1S/C24H30O3/c1-3-5-6-7-18-8-9-20-17-21(11-10-19(20)16-18)24(25)27-23-14-12-22(13-15-23)26-4-2/h8-9,12-16,21H,3-7,10-11,17H2,1-2H3. The van der Waals surface area contributed by atoms with E-state index in [0.29, 0.717) is 12.4 Å². The topological polar surface area (TPSA) is 35.5 Å². The molecule has 0 aromatic heterocycles. The number of aryl methyl sites for hydroxylation is 2. The van der Waals surface area contributed by atoms with Gasteiger partial charge in [-0.1, -0.05) is 38.0 Å². The zero-order valence-corrected chi connectivity index (χ0v) is 16.5. The molecule has 27 heavy (non-hydrogen) atoms. The molecule has 1 aliphatic rings. The van der Waals surface area contributed by atoms with Gasteiger partial charge in [-0.15, -0.1) is 0 Å². The van der Waals surface area contributed by atoms with Crippen LogP contribution in [0, 0.1) is 5.92 Å². The Hall–Kier alpha value is -2.29. The summed E-state index contributed by atoms with van der Waals surface area (Å²) >= 11 is 0. The van der Waals surface area contributed by atoms with Crippen LogP contribution in [0.15, 0.2) is 42.5 Å². The summed E-state index contributed by atoms with van der Waals surface area (Å²) in [5.74, 6) is 1.19. The van der Waals surface area contributed by atoms with Crippen LogP contribution in [0.5, 0.6) is 11.5 Å². The van der Waals surface area contributed by atoms with Crippen molar-refractivity contribution in [2.24, 2.45) is 5.92 Å². The number of rotatable bonds is 8. The third kappa shape index (κ3) is 5.35. The number of benzene rings is 2. The zero-order chi connectivity index (χ0) is 19.1. The number of fused-ring (bicyclic) bond motifs is 1. The Balaban J connectivity index is 1.57. The molecule has 3 rings (SSSR count). The van der Waals surface area contributed by atoms with E-state index < -0.39 is 0 Å². The third-order valence-electron chi connectivity index (χ3n) is 5.25. The maximum Gasteiger partial charge on any atom is 0.314 e. The van der Waals surface area contributed by atoms with Crippen LogP contribution in [-0.4, -0.2) is 12.6 Å². The highest BCUT2D eigenvalue weighted by molar-refractivity contribution is 5.76. The first-order chi connectivity index (χ1) is 13.2. The molecule has 1 atom stereocenters. The highest BCUT2D eigenvalue weighted by Gasteiger charge is 2.26. The van der Waals surface area contributed by atoms with E-state index in [9.17, 15) is 4.79 Å². The number of unbranched alkanes of at least 4 members (excludes halogenated alkanes) is 2. The van der Waals surface area contributed by atoms with E-state index in [0.717, 1.165) is 31.4 Å². The molecule has 0 spiro atoms. The molecule has 0 fully saturated rings. The lowest BCUT2D eigenvalue weighted by Crippen LogP contribution is -2.26. The number of hydrogen-bond acceptors (Lipinski definition) is 3. The monoisotopic (exact) mass is 366 g/mol. The summed E-state index contributed by atoms with van der Waals surface area (Å²) in [6.45, 7) is 4.81. The number of carbonyl (C=O) groups is 1. The molecule has 0 saturated heterocycles. The quantitative estimate of drug-likeness (QED) is 0.350. The van der Waals surface area contributed by atoms with E-state index in [1.165, 1.54) is 36.0 Å². The van der Waals surface area contributed by atoms with Gasteiger partial charge in [-0.2, -0.15) is 0 Å². The summed E-state index contributed by atoms with van der Waals surface area (Å²) in [4.78, 5) is 12.6. The fourth-order valence-corrected chi connectivity index (χ4v) is 3.71. The Morgan fingerprint density at radius 3 is 2.52 bits per heavy atom. The molecule has 0 aliphatic heterocycles. The summed E-state index contributed by atoms with van der Waals surface area (Å²) in [7, 11) is 0. The zero-order valence-electron chi connectivity index (χ0n) is 16.5. The van der Waals surface area contributed by atoms with Crippen LogP contribution in [0.25, 0.3) is 0 Å². The van der Waals surface area contributed by atoms with Crippen molar-refractivity contribution in [2.45, 2.75) is 58.8 Å². The minimum atomic E-state index is -0.128. The number of carbonyl (C=O) groups excluding carboxylic acids is 1. The van der Waals surface area contributed by atoms with Crippen LogP contribution in [0.4, 0.5) is 0 Å². The summed E-state index contributed by atoms with van der Waals surface area (Å²) in [5, 5.41) is 0. The van der Waals surface area contributed by atoms with Crippen LogP contribution in [-0.2, 0) is 24.1 Å². The predicted molar refractivity (Wildman–Crippen MR) is 108 cm³/mol. The van der Waals surface area contributed by atoms with E-state index >= 15 is 0 Å². The average Bonchev–Trinajstić information content (AvgIpc) is 2.69. The Labute approximate surface area is 162 Å². The van der Waals surface area contributed by atoms with Crippen molar-refractivity contribution in [3.63, 3.8) is 0 Å². The molecule has 144 valence electrons. The summed E-state index contributed by atoms with van der Waals surface area (Å²) in [6.07, 6.45) is 7.55. The van der Waals surface area contributed by atoms with Crippen LogP contribution in [0.2, 0.25) is 0 Å². The molecular formula is C24H30O3. The van der Waals surface area contributed by atoms with Crippen molar-refractivity contribution >= 4 is 5.97 Å². The van der Waals surface area contributed by atoms with Gasteiger partial charge < -0.3 is 9.47 Å². The lowest BCUT2D eigenvalue weighted by Gasteiger charge is -2.24. The molecule has 1 unspecified atom stereocenters. The van der Waals surface area contributed by atoms with Crippen molar-refractivity contribution in [3.05, 3.63) is 59.2 Å². The van der Waals surface area contributed by atoms with Gasteiger partial charge in [0.1, 0.15) is 11.5 Å². The SMILES string of the molecule is CCCCCc1ccc2c(c1)CCC(C(=O)Oc1ccc(OCC)cc1)C2. The maximum absolute atomic E-state index is 12.6. The number of esters is 1. The fraction of sp³-hybridized carbons (Fsp3) is 0.458. The van der Waals surface area contributed by atoms with E-state index in [2.05, 4.69) is 25.1 Å². The van der Waals surface area contributed by atoms with E-state index in [1.807, 2.05) is 19.1 Å². The van der Waals surface area contributed by atoms with Gasteiger partial charge in [0.05, 0.1) is 12.5 Å². The van der Waals surface area contributed by atoms with Crippen molar-refractivity contribution in [3.8, 4) is 11.5 Å². The minimum Gasteiger partial charge on any atom is -0.494 e. The summed E-state index contributed by atoms with van der Waals surface area (Å²) in [5.41, 5.74) is 4.14. The van der Waals surface area contributed by atoms with Crippen molar-refractivity contribution in [1.29, 1.82) is 0 Å². The first-order valence-corrected chi connectivity index (χ1v) is 10.2. The van der Waals surface area contributed by atoms with Gasteiger partial charge in [0, 0.05) is 0 Å². The first-order valence-electron chi connectivity index (χ1n) is 10.2. The highest BCUT2D eigenvalue weighted by Crippen LogP contribution is 2.28. The smallest absolute Gasteiger partial charge is 0.314 e. The Morgan fingerprint density at radius 2 is 1.78 bits per heavy atom. The molecule has 0 bridgehead atoms. The number of ether oxygens (including phenoxy) is 2. The van der Waals surface area contributed by atoms with Crippen LogP contribution in [0.1, 0.15) is 56.2 Å². The maximum atomic E-state index is 12.6. The molecule has 0 N–H and O–H groups in total. The van der Waals surface area contributed by atoms with Gasteiger partial charge >= 0.3 is 5.97 Å². The Morgan fingerprint density at radius 1 is 1.00 bits per heavy atom. The van der Waals surface area contributed by atoms with E-state index in [1.54, 1.807) is 12.1 Å². The Kier molecular flexibility index (Phi) is 6.92. The molecule has 0 radical (unpaired) electrons. The Bertz CT molecular complexity index is 749. The third-order valence-corrected chi connectivity index (χ3v) is 5.25. The van der Waals surface area contributed by atoms with Gasteiger partial charge in [0.2, 0.25) is 0 Å².